The molecule has 0 aromatic carbocycles. The van der Waals surface area contributed by atoms with Gasteiger partial charge in [-0.25, -0.2) is 9.78 Å². The Morgan fingerprint density at radius 2 is 2.19 bits per heavy atom. The van der Waals surface area contributed by atoms with E-state index in [0.29, 0.717) is 30.3 Å². The van der Waals surface area contributed by atoms with Gasteiger partial charge in [-0.3, -0.25) is 5.32 Å². The zero-order chi connectivity index (χ0) is 15.2. The van der Waals surface area contributed by atoms with E-state index in [0.717, 1.165) is 0 Å². The first-order chi connectivity index (χ1) is 10.2. The molecular weight excluding hydrogens is 268 g/mol. The molecule has 0 atom stereocenters. The molecule has 0 spiro atoms. The minimum atomic E-state index is -0.269. The van der Waals surface area contributed by atoms with Crippen LogP contribution in [0, 0.1) is 11.3 Å². The molecule has 0 aliphatic heterocycles. The molecule has 2 rings (SSSR count). The highest BCUT2D eigenvalue weighted by atomic mass is 16.2. The van der Waals surface area contributed by atoms with Crippen molar-refractivity contribution in [2.24, 2.45) is 0 Å². The van der Waals surface area contributed by atoms with E-state index in [1.165, 1.54) is 10.9 Å². The molecule has 7 nitrogen and oxygen atoms in total. The monoisotopic (exact) mass is 284 g/mol. The van der Waals surface area contributed by atoms with Gasteiger partial charge >= 0.3 is 6.03 Å². The number of nitrogens with one attached hydrogen (secondary N) is 1. The molecule has 2 aromatic rings. The summed E-state index contributed by atoms with van der Waals surface area (Å²) in [5.41, 5.74) is 0.293. The van der Waals surface area contributed by atoms with E-state index in [-0.39, 0.29) is 6.03 Å². The topological polar surface area (TPSA) is 86.8 Å². The number of urea groups is 1. The summed E-state index contributed by atoms with van der Waals surface area (Å²) >= 11 is 0. The Kier molecular flexibility index (Phi) is 4.51. The van der Waals surface area contributed by atoms with Crippen LogP contribution in [0.4, 0.5) is 10.6 Å². The molecular formula is C14H16N6O. The number of nitrogens with zero attached hydrogens (tertiary/aromatic N) is 5. The highest BCUT2D eigenvalue weighted by Crippen LogP contribution is 2.18. The van der Waals surface area contributed by atoms with Gasteiger partial charge in [-0.15, -0.1) is 0 Å². The Hall–Kier alpha value is -2.88. The molecule has 2 amide bonds. The van der Waals surface area contributed by atoms with Crippen molar-refractivity contribution in [3.05, 3.63) is 36.2 Å². The first kappa shape index (κ1) is 14.5. The van der Waals surface area contributed by atoms with Crippen molar-refractivity contribution >= 4 is 11.8 Å². The van der Waals surface area contributed by atoms with Gasteiger partial charge in [-0.1, -0.05) is 6.07 Å². The van der Waals surface area contributed by atoms with Crippen molar-refractivity contribution in [2.45, 2.75) is 13.8 Å². The van der Waals surface area contributed by atoms with Crippen molar-refractivity contribution in [2.75, 3.05) is 18.4 Å². The molecule has 108 valence electrons. The lowest BCUT2D eigenvalue weighted by molar-refractivity contribution is 0.217. The number of nitriles is 1. The normalized spacial score (nSPS) is 9.95. The van der Waals surface area contributed by atoms with Gasteiger partial charge in [0.1, 0.15) is 11.6 Å². The summed E-state index contributed by atoms with van der Waals surface area (Å²) < 4.78 is 1.44. The first-order valence-corrected chi connectivity index (χ1v) is 6.66. The van der Waals surface area contributed by atoms with Crippen LogP contribution in [0.2, 0.25) is 0 Å². The number of carbonyl (C=O) groups excluding carboxylic acids is 1. The summed E-state index contributed by atoms with van der Waals surface area (Å²) in [5, 5.41) is 16.0. The Morgan fingerprint density at radius 1 is 1.43 bits per heavy atom. The number of carbonyl (C=O) groups is 1. The molecule has 0 bridgehead atoms. The van der Waals surface area contributed by atoms with E-state index < -0.39 is 0 Å². The molecule has 0 unspecified atom stereocenters. The van der Waals surface area contributed by atoms with Crippen LogP contribution in [-0.2, 0) is 0 Å². The molecule has 0 aliphatic rings. The quantitative estimate of drug-likeness (QED) is 0.930. The Morgan fingerprint density at radius 3 is 2.76 bits per heavy atom. The minimum absolute atomic E-state index is 0.269. The average Bonchev–Trinajstić information content (AvgIpc) is 2.92. The fourth-order valence-electron chi connectivity index (χ4n) is 1.89. The summed E-state index contributed by atoms with van der Waals surface area (Å²) in [7, 11) is 0. The van der Waals surface area contributed by atoms with Gasteiger partial charge in [0.25, 0.3) is 0 Å². The third-order valence-corrected chi connectivity index (χ3v) is 3.03. The lowest BCUT2D eigenvalue weighted by Gasteiger charge is -2.19. The number of pyridine rings is 1. The summed E-state index contributed by atoms with van der Waals surface area (Å²) in [4.78, 5) is 18.0. The zero-order valence-corrected chi connectivity index (χ0v) is 11.9. The van der Waals surface area contributed by atoms with Gasteiger partial charge in [0, 0.05) is 19.3 Å². The van der Waals surface area contributed by atoms with Crippen LogP contribution in [0.15, 0.2) is 30.6 Å². The van der Waals surface area contributed by atoms with Crippen molar-refractivity contribution < 1.29 is 4.79 Å². The van der Waals surface area contributed by atoms with E-state index in [2.05, 4.69) is 15.4 Å². The second kappa shape index (κ2) is 6.52. The van der Waals surface area contributed by atoms with Crippen LogP contribution in [-0.4, -0.2) is 38.8 Å². The van der Waals surface area contributed by atoms with Crippen molar-refractivity contribution in [1.29, 1.82) is 5.26 Å². The summed E-state index contributed by atoms with van der Waals surface area (Å²) in [6.07, 6.45) is 3.03. The van der Waals surface area contributed by atoms with E-state index >= 15 is 0 Å². The maximum atomic E-state index is 12.2. The van der Waals surface area contributed by atoms with Crippen LogP contribution in [0.3, 0.4) is 0 Å². The second-order valence-electron chi connectivity index (χ2n) is 4.22. The lowest BCUT2D eigenvalue weighted by Crippen LogP contribution is -2.35. The van der Waals surface area contributed by atoms with Crippen LogP contribution in [0.25, 0.3) is 5.82 Å². The van der Waals surface area contributed by atoms with Crippen molar-refractivity contribution in [3.8, 4) is 11.9 Å². The maximum absolute atomic E-state index is 12.2. The van der Waals surface area contributed by atoms with Crippen LogP contribution < -0.4 is 5.32 Å². The molecule has 2 heterocycles. The van der Waals surface area contributed by atoms with Crippen LogP contribution in [0.1, 0.15) is 19.4 Å². The third kappa shape index (κ3) is 3.00. The van der Waals surface area contributed by atoms with Gasteiger partial charge in [0.2, 0.25) is 0 Å². The number of anilines is 1. The zero-order valence-electron chi connectivity index (χ0n) is 11.9. The van der Waals surface area contributed by atoms with Gasteiger partial charge < -0.3 is 4.90 Å². The molecule has 2 aromatic heterocycles. The SMILES string of the molecule is CCN(CC)C(=O)Nc1c(C#N)cnn1-c1ccccn1. The fraction of sp³-hybridized carbons (Fsp3) is 0.286. The number of rotatable bonds is 4. The summed E-state index contributed by atoms with van der Waals surface area (Å²) in [5.74, 6) is 0.863. The molecule has 0 fully saturated rings. The molecule has 7 heteroatoms. The molecule has 0 saturated heterocycles. The highest BCUT2D eigenvalue weighted by molar-refractivity contribution is 5.90. The average molecular weight is 284 g/mol. The molecule has 0 aliphatic carbocycles. The minimum Gasteiger partial charge on any atom is -0.325 e. The molecule has 1 N–H and O–H groups in total. The standard InChI is InChI=1S/C14H16N6O/c1-3-19(4-2)14(21)18-13-11(9-15)10-17-20(13)12-7-5-6-8-16-12/h5-8,10H,3-4H2,1-2H3,(H,18,21). The van der Waals surface area contributed by atoms with E-state index in [9.17, 15) is 4.79 Å². The Labute approximate surface area is 122 Å². The van der Waals surface area contributed by atoms with Crippen molar-refractivity contribution in [1.82, 2.24) is 19.7 Å². The highest BCUT2D eigenvalue weighted by Gasteiger charge is 2.18. The van der Waals surface area contributed by atoms with Crippen LogP contribution >= 0.6 is 0 Å². The number of amides is 2. The van der Waals surface area contributed by atoms with Gasteiger partial charge in [-0.05, 0) is 26.0 Å². The molecule has 0 radical (unpaired) electrons. The van der Waals surface area contributed by atoms with E-state index in [1.807, 2.05) is 26.0 Å². The fourth-order valence-corrected chi connectivity index (χ4v) is 1.89. The Bertz CT molecular complexity index is 654. The second-order valence-corrected chi connectivity index (χ2v) is 4.22. The lowest BCUT2D eigenvalue weighted by atomic mass is 10.3. The van der Waals surface area contributed by atoms with Gasteiger partial charge in [-0.2, -0.15) is 15.0 Å². The molecule has 0 saturated carbocycles. The Balaban J connectivity index is 2.37. The third-order valence-electron chi connectivity index (χ3n) is 3.03. The van der Waals surface area contributed by atoms with Crippen LogP contribution in [0.5, 0.6) is 0 Å². The maximum Gasteiger partial charge on any atom is 0.323 e. The summed E-state index contributed by atoms with van der Waals surface area (Å²) in [6, 6.07) is 7.10. The summed E-state index contributed by atoms with van der Waals surface area (Å²) in [6.45, 7) is 4.96. The van der Waals surface area contributed by atoms with Crippen molar-refractivity contribution in [3.63, 3.8) is 0 Å². The number of hydrogen-bond acceptors (Lipinski definition) is 4. The van der Waals surface area contributed by atoms with E-state index in [4.69, 9.17) is 5.26 Å². The van der Waals surface area contributed by atoms with Gasteiger partial charge in [0.15, 0.2) is 11.6 Å². The van der Waals surface area contributed by atoms with Gasteiger partial charge in [0.05, 0.1) is 6.20 Å². The molecule has 21 heavy (non-hydrogen) atoms. The first-order valence-electron chi connectivity index (χ1n) is 6.66. The number of hydrogen-bond donors (Lipinski definition) is 1. The number of aromatic nitrogens is 3. The van der Waals surface area contributed by atoms with E-state index in [1.54, 1.807) is 23.2 Å². The smallest absolute Gasteiger partial charge is 0.323 e. The predicted molar refractivity (Wildman–Crippen MR) is 78.0 cm³/mol. The predicted octanol–water partition coefficient (Wildman–Crippen LogP) is 2.01. The largest absolute Gasteiger partial charge is 0.325 e.